The van der Waals surface area contributed by atoms with Crippen LogP contribution in [0.2, 0.25) is 0 Å². The van der Waals surface area contributed by atoms with Gasteiger partial charge in [0.05, 0.1) is 6.61 Å². The number of nitrogens with one attached hydrogen (secondary N) is 1. The average Bonchev–Trinajstić information content (AvgIpc) is 2.51. The van der Waals surface area contributed by atoms with E-state index in [0.717, 1.165) is 12.8 Å². The molecule has 0 amide bonds. The van der Waals surface area contributed by atoms with E-state index >= 15 is 0 Å². The van der Waals surface area contributed by atoms with Gasteiger partial charge in [-0.15, -0.1) is 0 Å². The van der Waals surface area contributed by atoms with E-state index in [9.17, 15) is 4.79 Å². The summed E-state index contributed by atoms with van der Waals surface area (Å²) in [6, 6.07) is 0. The first-order valence-corrected chi connectivity index (χ1v) is 9.28. The molecule has 0 aromatic rings. The van der Waals surface area contributed by atoms with Crippen molar-refractivity contribution < 1.29 is 9.53 Å². The number of carbonyl (C=O) groups is 1. The fraction of sp³-hybridized carbons (Fsp3) is 0.889. The van der Waals surface area contributed by atoms with Gasteiger partial charge in [0.2, 0.25) is 0 Å². The molecule has 0 aromatic carbocycles. The third kappa shape index (κ3) is 15.4. The number of guanidine groups is 1. The zero-order chi connectivity index (χ0) is 17.3. The molecule has 0 saturated carbocycles. The van der Waals surface area contributed by atoms with E-state index in [0.29, 0.717) is 6.61 Å². The number of nitrogens with two attached hydrogens (primary N) is 1. The maximum Gasteiger partial charge on any atom is 0.325 e. The molecule has 0 aliphatic rings. The van der Waals surface area contributed by atoms with Gasteiger partial charge < -0.3 is 15.4 Å². The summed E-state index contributed by atoms with van der Waals surface area (Å²) in [6.07, 6.45) is 15.5. The third-order valence-corrected chi connectivity index (χ3v) is 4.04. The standard InChI is InChI=1S/C18H37N3O2/c1-3-4-5-6-7-8-9-10-11-12-13-14-15-23-17(22)16-21(2)18(19)20/h3-16H2,1-2H3,(H3,19,20). The molecule has 0 saturated heterocycles. The van der Waals surface area contributed by atoms with Crippen LogP contribution in [-0.4, -0.2) is 37.0 Å². The molecule has 0 bridgehead atoms. The molecule has 0 unspecified atom stereocenters. The average molecular weight is 328 g/mol. The van der Waals surface area contributed by atoms with Gasteiger partial charge in [0.1, 0.15) is 6.54 Å². The molecule has 23 heavy (non-hydrogen) atoms. The molecule has 0 atom stereocenters. The number of hydrogen-bond acceptors (Lipinski definition) is 3. The van der Waals surface area contributed by atoms with Crippen molar-refractivity contribution in [1.82, 2.24) is 4.90 Å². The zero-order valence-corrected chi connectivity index (χ0v) is 15.2. The van der Waals surface area contributed by atoms with E-state index in [1.807, 2.05) is 0 Å². The minimum Gasteiger partial charge on any atom is -0.464 e. The van der Waals surface area contributed by atoms with Crippen molar-refractivity contribution in [2.75, 3.05) is 20.2 Å². The smallest absolute Gasteiger partial charge is 0.325 e. The van der Waals surface area contributed by atoms with Gasteiger partial charge in [0.25, 0.3) is 0 Å². The van der Waals surface area contributed by atoms with E-state index in [1.165, 1.54) is 69.1 Å². The first kappa shape index (κ1) is 21.7. The van der Waals surface area contributed by atoms with Crippen LogP contribution in [0.15, 0.2) is 0 Å². The Morgan fingerprint density at radius 1 is 0.913 bits per heavy atom. The van der Waals surface area contributed by atoms with Crippen LogP contribution in [0.4, 0.5) is 0 Å². The van der Waals surface area contributed by atoms with Crippen LogP contribution < -0.4 is 5.73 Å². The maximum absolute atomic E-state index is 11.4. The van der Waals surface area contributed by atoms with Gasteiger partial charge in [-0.25, -0.2) is 0 Å². The van der Waals surface area contributed by atoms with Crippen LogP contribution in [0.1, 0.15) is 84.0 Å². The van der Waals surface area contributed by atoms with E-state index in [4.69, 9.17) is 15.9 Å². The lowest BCUT2D eigenvalue weighted by Gasteiger charge is -2.15. The van der Waals surface area contributed by atoms with Gasteiger partial charge >= 0.3 is 5.97 Å². The highest BCUT2D eigenvalue weighted by Gasteiger charge is 2.08. The molecule has 0 fully saturated rings. The number of carbonyl (C=O) groups excluding carboxylic acids is 1. The van der Waals surface area contributed by atoms with Crippen LogP contribution in [-0.2, 0) is 9.53 Å². The third-order valence-electron chi connectivity index (χ3n) is 4.04. The number of ether oxygens (including phenoxy) is 1. The Balaban J connectivity index is 3.21. The van der Waals surface area contributed by atoms with Crippen LogP contribution in [0.3, 0.4) is 0 Å². The molecule has 0 aliphatic carbocycles. The molecular formula is C18H37N3O2. The van der Waals surface area contributed by atoms with Crippen molar-refractivity contribution in [3.63, 3.8) is 0 Å². The second-order valence-corrected chi connectivity index (χ2v) is 6.35. The summed E-state index contributed by atoms with van der Waals surface area (Å²) in [5.41, 5.74) is 5.26. The van der Waals surface area contributed by atoms with Gasteiger partial charge in [0.15, 0.2) is 5.96 Å². The second kappa shape index (κ2) is 15.6. The van der Waals surface area contributed by atoms with Crippen LogP contribution in [0.5, 0.6) is 0 Å². The Morgan fingerprint density at radius 2 is 1.35 bits per heavy atom. The van der Waals surface area contributed by atoms with Gasteiger partial charge in [-0.1, -0.05) is 77.6 Å². The molecule has 5 heteroatoms. The molecule has 0 aromatic heterocycles. The molecule has 0 rings (SSSR count). The van der Waals surface area contributed by atoms with Gasteiger partial charge in [0, 0.05) is 7.05 Å². The van der Waals surface area contributed by atoms with Crippen molar-refractivity contribution in [2.45, 2.75) is 84.0 Å². The number of unbranched alkanes of at least 4 members (excludes halogenated alkanes) is 11. The Bertz CT molecular complexity index is 309. The largest absolute Gasteiger partial charge is 0.464 e. The van der Waals surface area contributed by atoms with Crippen molar-refractivity contribution in [3.8, 4) is 0 Å². The molecule has 136 valence electrons. The fourth-order valence-corrected chi connectivity index (χ4v) is 2.45. The Hall–Kier alpha value is -1.26. The Labute approximate surface area is 142 Å². The molecule has 0 heterocycles. The van der Waals surface area contributed by atoms with E-state index in [1.54, 1.807) is 7.05 Å². The summed E-state index contributed by atoms with van der Waals surface area (Å²) in [6.45, 7) is 2.78. The van der Waals surface area contributed by atoms with Crippen LogP contribution in [0, 0.1) is 5.41 Å². The summed E-state index contributed by atoms with van der Waals surface area (Å²) in [5, 5.41) is 7.17. The van der Waals surface area contributed by atoms with Crippen molar-refractivity contribution in [2.24, 2.45) is 5.73 Å². The minimum atomic E-state index is -0.314. The van der Waals surface area contributed by atoms with Gasteiger partial charge in [-0.3, -0.25) is 10.2 Å². The number of hydrogen-bond donors (Lipinski definition) is 2. The zero-order valence-electron chi connectivity index (χ0n) is 15.2. The minimum absolute atomic E-state index is 0.0492. The second-order valence-electron chi connectivity index (χ2n) is 6.35. The number of nitrogens with zero attached hydrogens (tertiary/aromatic N) is 1. The molecule has 5 nitrogen and oxygen atoms in total. The summed E-state index contributed by atoms with van der Waals surface area (Å²) < 4.78 is 5.12. The lowest BCUT2D eigenvalue weighted by atomic mass is 10.1. The quantitative estimate of drug-likeness (QED) is 0.206. The molecule has 3 N–H and O–H groups in total. The monoisotopic (exact) mass is 327 g/mol. The summed E-state index contributed by atoms with van der Waals surface area (Å²) in [7, 11) is 1.60. The van der Waals surface area contributed by atoms with E-state index in [-0.39, 0.29) is 18.5 Å². The van der Waals surface area contributed by atoms with Crippen molar-refractivity contribution >= 4 is 11.9 Å². The van der Waals surface area contributed by atoms with E-state index in [2.05, 4.69) is 6.92 Å². The molecule has 0 aliphatic heterocycles. The predicted octanol–water partition coefficient (Wildman–Crippen LogP) is 4.06. The Morgan fingerprint density at radius 3 is 1.78 bits per heavy atom. The van der Waals surface area contributed by atoms with Crippen molar-refractivity contribution in [1.29, 1.82) is 5.41 Å². The highest BCUT2D eigenvalue weighted by atomic mass is 16.5. The predicted molar refractivity (Wildman–Crippen MR) is 96.6 cm³/mol. The number of esters is 1. The summed E-state index contributed by atoms with van der Waals surface area (Å²) in [4.78, 5) is 12.8. The lowest BCUT2D eigenvalue weighted by Crippen LogP contribution is -2.37. The van der Waals surface area contributed by atoms with Crippen molar-refractivity contribution in [3.05, 3.63) is 0 Å². The number of likely N-dealkylation sites (N-methyl/N-ethyl adjacent to an activating group) is 1. The summed E-state index contributed by atoms with van der Waals surface area (Å²) in [5.74, 6) is -0.432. The van der Waals surface area contributed by atoms with E-state index < -0.39 is 0 Å². The number of rotatable bonds is 15. The van der Waals surface area contributed by atoms with Crippen LogP contribution in [0.25, 0.3) is 0 Å². The Kier molecular flexibility index (Phi) is 14.8. The molecule has 0 spiro atoms. The van der Waals surface area contributed by atoms with Gasteiger partial charge in [-0.05, 0) is 6.42 Å². The molecular weight excluding hydrogens is 290 g/mol. The SMILES string of the molecule is CCCCCCCCCCCCCCOC(=O)CN(C)C(=N)N. The fourth-order valence-electron chi connectivity index (χ4n) is 2.45. The topological polar surface area (TPSA) is 79.4 Å². The highest BCUT2D eigenvalue weighted by molar-refractivity contribution is 5.80. The van der Waals surface area contributed by atoms with Crippen LogP contribution >= 0.6 is 0 Å². The maximum atomic E-state index is 11.4. The normalized spacial score (nSPS) is 10.5. The van der Waals surface area contributed by atoms with Gasteiger partial charge in [-0.2, -0.15) is 0 Å². The first-order chi connectivity index (χ1) is 11.1. The lowest BCUT2D eigenvalue weighted by molar-refractivity contribution is -0.143. The highest BCUT2D eigenvalue weighted by Crippen LogP contribution is 2.11. The first-order valence-electron chi connectivity index (χ1n) is 9.28. The molecule has 0 radical (unpaired) electrons. The summed E-state index contributed by atoms with van der Waals surface area (Å²) >= 11 is 0.